The van der Waals surface area contributed by atoms with E-state index in [0.717, 1.165) is 22.5 Å². The van der Waals surface area contributed by atoms with Gasteiger partial charge in [-0.3, -0.25) is 9.20 Å². The van der Waals surface area contributed by atoms with Crippen LogP contribution in [0, 0.1) is 0 Å². The van der Waals surface area contributed by atoms with E-state index in [4.69, 9.17) is 14.5 Å². The van der Waals surface area contributed by atoms with Gasteiger partial charge in [0, 0.05) is 42.3 Å². The number of nitrogens with one attached hydrogen (secondary N) is 1. The molecule has 7 nitrogen and oxygen atoms in total. The predicted octanol–water partition coefficient (Wildman–Crippen LogP) is 4.33. The van der Waals surface area contributed by atoms with Crippen molar-refractivity contribution < 1.29 is 14.3 Å². The number of nitrogens with zero attached hydrogens (tertiary/aromatic N) is 3. The van der Waals surface area contributed by atoms with Crippen LogP contribution < -0.4 is 14.8 Å². The lowest BCUT2D eigenvalue weighted by molar-refractivity contribution is 0.0948. The van der Waals surface area contributed by atoms with Crippen molar-refractivity contribution in [1.82, 2.24) is 19.3 Å². The molecule has 7 heteroatoms. The van der Waals surface area contributed by atoms with E-state index in [0.29, 0.717) is 29.8 Å². The van der Waals surface area contributed by atoms with Crippen LogP contribution in [-0.2, 0) is 6.54 Å². The van der Waals surface area contributed by atoms with Gasteiger partial charge in [-0.25, -0.2) is 4.98 Å². The van der Waals surface area contributed by atoms with Crippen LogP contribution in [0.3, 0.4) is 0 Å². The van der Waals surface area contributed by atoms with Gasteiger partial charge in [0.15, 0.2) is 5.69 Å². The molecule has 0 saturated heterocycles. The van der Waals surface area contributed by atoms with Crippen molar-refractivity contribution >= 4 is 11.4 Å². The van der Waals surface area contributed by atoms with Gasteiger partial charge in [-0.2, -0.15) is 0 Å². The number of aromatic nitrogens is 3. The number of rotatable bonds is 7. The third-order valence-corrected chi connectivity index (χ3v) is 5.26. The molecule has 0 saturated carbocycles. The third-order valence-electron chi connectivity index (χ3n) is 5.26. The summed E-state index contributed by atoms with van der Waals surface area (Å²) in [5, 5.41) is 2.97. The molecule has 0 bridgehead atoms. The maximum atomic E-state index is 13.1. The Bertz CT molecular complexity index is 1220. The van der Waals surface area contributed by atoms with Crippen LogP contribution in [0.5, 0.6) is 11.5 Å². The first kappa shape index (κ1) is 20.5. The number of hydrogen-bond acceptors (Lipinski definition) is 4. The fraction of sp³-hybridized carbons (Fsp3) is 0.250. The number of methoxy groups -OCH3 is 2. The monoisotopic (exact) mass is 418 g/mol. The molecule has 0 unspecified atom stereocenters. The third kappa shape index (κ3) is 3.99. The largest absolute Gasteiger partial charge is 0.497 e. The topological polar surface area (TPSA) is 69.8 Å². The zero-order valence-corrected chi connectivity index (χ0v) is 18.1. The maximum absolute atomic E-state index is 13.1. The molecule has 0 aliphatic heterocycles. The number of pyridine rings is 1. The van der Waals surface area contributed by atoms with E-state index < -0.39 is 0 Å². The van der Waals surface area contributed by atoms with Gasteiger partial charge in [0.25, 0.3) is 5.91 Å². The molecule has 0 aliphatic rings. The summed E-state index contributed by atoms with van der Waals surface area (Å²) < 4.78 is 14.8. The molecule has 3 heterocycles. The van der Waals surface area contributed by atoms with Crippen LogP contribution in [0.25, 0.3) is 16.9 Å². The van der Waals surface area contributed by atoms with E-state index in [9.17, 15) is 4.79 Å². The summed E-state index contributed by atoms with van der Waals surface area (Å²) in [6.45, 7) is 4.54. The minimum atomic E-state index is -0.247. The first-order valence-electron chi connectivity index (χ1n) is 10.2. The number of benzene rings is 1. The molecule has 0 fully saturated rings. The van der Waals surface area contributed by atoms with E-state index in [1.165, 1.54) is 0 Å². The minimum absolute atomic E-state index is 0.247. The molecule has 31 heavy (non-hydrogen) atoms. The minimum Gasteiger partial charge on any atom is -0.497 e. The Hall–Kier alpha value is -3.74. The lowest BCUT2D eigenvalue weighted by atomic mass is 10.2. The van der Waals surface area contributed by atoms with Crippen molar-refractivity contribution in [3.8, 4) is 22.9 Å². The molecule has 1 aromatic carbocycles. The van der Waals surface area contributed by atoms with Crippen molar-refractivity contribution in [1.29, 1.82) is 0 Å². The molecule has 160 valence electrons. The maximum Gasteiger partial charge on any atom is 0.272 e. The number of fused-ring (bicyclic) bond motifs is 1. The van der Waals surface area contributed by atoms with E-state index in [1.807, 2.05) is 59.3 Å². The number of hydrogen-bond donors (Lipinski definition) is 1. The highest BCUT2D eigenvalue weighted by atomic mass is 16.5. The van der Waals surface area contributed by atoms with Crippen LogP contribution in [0.1, 0.15) is 35.9 Å². The highest BCUT2D eigenvalue weighted by Gasteiger charge is 2.19. The molecule has 4 rings (SSSR count). The van der Waals surface area contributed by atoms with Crippen molar-refractivity contribution in [2.45, 2.75) is 26.4 Å². The van der Waals surface area contributed by atoms with Gasteiger partial charge in [0.1, 0.15) is 17.3 Å². The highest BCUT2D eigenvalue weighted by molar-refractivity contribution is 6.00. The Morgan fingerprint density at radius 3 is 2.65 bits per heavy atom. The molecule has 0 radical (unpaired) electrons. The number of imidazole rings is 1. The normalized spacial score (nSPS) is 11.1. The van der Waals surface area contributed by atoms with Crippen molar-refractivity contribution in [2.75, 3.05) is 14.2 Å². The van der Waals surface area contributed by atoms with Gasteiger partial charge in [-0.15, -0.1) is 0 Å². The Kier molecular flexibility index (Phi) is 5.66. The number of amides is 1. The molecule has 0 aliphatic carbocycles. The first-order chi connectivity index (χ1) is 15.0. The molecule has 0 atom stereocenters. The van der Waals surface area contributed by atoms with Gasteiger partial charge in [0.05, 0.1) is 19.7 Å². The fourth-order valence-corrected chi connectivity index (χ4v) is 3.55. The Labute approximate surface area is 181 Å². The van der Waals surface area contributed by atoms with E-state index in [-0.39, 0.29) is 5.91 Å². The molecule has 1 amide bonds. The van der Waals surface area contributed by atoms with Gasteiger partial charge < -0.3 is 19.4 Å². The van der Waals surface area contributed by atoms with Crippen LogP contribution in [0.15, 0.2) is 61.1 Å². The fourth-order valence-electron chi connectivity index (χ4n) is 3.55. The second-order valence-electron chi connectivity index (χ2n) is 7.54. The van der Waals surface area contributed by atoms with Crippen LogP contribution in [-0.4, -0.2) is 34.1 Å². The Balaban J connectivity index is 1.65. The lowest BCUT2D eigenvalue weighted by Gasteiger charge is -2.11. The Morgan fingerprint density at radius 1 is 1.10 bits per heavy atom. The number of ether oxygens (including phenoxy) is 2. The zero-order valence-electron chi connectivity index (χ0n) is 18.1. The van der Waals surface area contributed by atoms with Gasteiger partial charge in [-0.1, -0.05) is 6.07 Å². The van der Waals surface area contributed by atoms with Gasteiger partial charge in [-0.05, 0) is 50.2 Å². The lowest BCUT2D eigenvalue weighted by Crippen LogP contribution is -2.23. The van der Waals surface area contributed by atoms with Gasteiger partial charge in [0.2, 0.25) is 0 Å². The highest BCUT2D eigenvalue weighted by Crippen LogP contribution is 2.26. The summed E-state index contributed by atoms with van der Waals surface area (Å²) in [6, 6.07) is 13.6. The van der Waals surface area contributed by atoms with Crippen molar-refractivity contribution in [3.05, 3.63) is 72.3 Å². The smallest absolute Gasteiger partial charge is 0.272 e. The number of carbonyl (C=O) groups is 1. The summed E-state index contributed by atoms with van der Waals surface area (Å²) in [7, 11) is 3.21. The summed E-state index contributed by atoms with van der Waals surface area (Å²) in [5.74, 6) is 1.88. The van der Waals surface area contributed by atoms with E-state index in [2.05, 4.69) is 29.9 Å². The molecular weight excluding hydrogens is 392 g/mol. The molecule has 4 aromatic rings. The standard InChI is InChI=1S/C24H26N4O3/c1-16(2)27-12-10-17(15-27)23-26-22(20-7-5-6-11-28(20)23)24(29)25-14-18-13-19(30-3)8-9-21(18)31-4/h5-13,15-16H,14H2,1-4H3,(H,25,29). The molecule has 3 aromatic heterocycles. The predicted molar refractivity (Wildman–Crippen MR) is 120 cm³/mol. The Morgan fingerprint density at radius 2 is 1.94 bits per heavy atom. The molecule has 1 N–H and O–H groups in total. The second kappa shape index (κ2) is 8.55. The second-order valence-corrected chi connectivity index (χ2v) is 7.54. The van der Waals surface area contributed by atoms with Crippen molar-refractivity contribution in [3.63, 3.8) is 0 Å². The van der Waals surface area contributed by atoms with E-state index >= 15 is 0 Å². The zero-order chi connectivity index (χ0) is 22.0. The molecule has 0 spiro atoms. The van der Waals surface area contributed by atoms with Crippen LogP contribution in [0.4, 0.5) is 0 Å². The summed E-state index contributed by atoms with van der Waals surface area (Å²) in [4.78, 5) is 17.8. The SMILES string of the molecule is COc1ccc(OC)c(CNC(=O)c2nc(-c3ccn(C(C)C)c3)n3ccccc23)c1. The average molecular weight is 418 g/mol. The summed E-state index contributed by atoms with van der Waals surface area (Å²) in [5.41, 5.74) is 2.93. The van der Waals surface area contributed by atoms with Crippen molar-refractivity contribution in [2.24, 2.45) is 0 Å². The summed E-state index contributed by atoms with van der Waals surface area (Å²) in [6.07, 6.45) is 6.00. The van der Waals surface area contributed by atoms with Crippen LogP contribution >= 0.6 is 0 Å². The quantitative estimate of drug-likeness (QED) is 0.485. The molecular formula is C24H26N4O3. The first-order valence-corrected chi connectivity index (χ1v) is 10.2. The average Bonchev–Trinajstić information content (AvgIpc) is 3.42. The summed E-state index contributed by atoms with van der Waals surface area (Å²) >= 11 is 0. The van der Waals surface area contributed by atoms with Crippen LogP contribution in [0.2, 0.25) is 0 Å². The van der Waals surface area contributed by atoms with E-state index in [1.54, 1.807) is 14.2 Å². The number of carbonyl (C=O) groups excluding carboxylic acids is 1. The van der Waals surface area contributed by atoms with Gasteiger partial charge >= 0.3 is 0 Å².